The zero-order valence-corrected chi connectivity index (χ0v) is 12.5. The van der Waals surface area contributed by atoms with Crippen molar-refractivity contribution in [2.45, 2.75) is 26.8 Å². The molecule has 96 valence electrons. The SMILES string of the molecule is CCNC(C)c1ccc(-c2csc(C)c2)cc1Cl. The van der Waals surface area contributed by atoms with Gasteiger partial charge in [-0.3, -0.25) is 0 Å². The molecule has 2 aromatic rings. The van der Waals surface area contributed by atoms with Gasteiger partial charge in [-0.1, -0.05) is 30.7 Å². The monoisotopic (exact) mass is 279 g/mol. The lowest BCUT2D eigenvalue weighted by Gasteiger charge is -2.15. The van der Waals surface area contributed by atoms with E-state index in [9.17, 15) is 0 Å². The van der Waals surface area contributed by atoms with Crippen molar-refractivity contribution < 1.29 is 0 Å². The Morgan fingerprint density at radius 2 is 2.06 bits per heavy atom. The Balaban J connectivity index is 2.30. The molecule has 1 N–H and O–H groups in total. The van der Waals surface area contributed by atoms with E-state index >= 15 is 0 Å². The smallest absolute Gasteiger partial charge is 0.0459 e. The third-order valence-corrected chi connectivity index (χ3v) is 4.23. The number of thiophene rings is 1. The highest BCUT2D eigenvalue weighted by atomic mass is 35.5. The number of halogens is 1. The maximum absolute atomic E-state index is 6.38. The first-order valence-electron chi connectivity index (χ1n) is 6.20. The van der Waals surface area contributed by atoms with Gasteiger partial charge in [-0.25, -0.2) is 0 Å². The molecule has 0 radical (unpaired) electrons. The topological polar surface area (TPSA) is 12.0 Å². The largest absolute Gasteiger partial charge is 0.310 e. The van der Waals surface area contributed by atoms with E-state index < -0.39 is 0 Å². The maximum Gasteiger partial charge on any atom is 0.0459 e. The third-order valence-electron chi connectivity index (χ3n) is 3.04. The Morgan fingerprint density at radius 3 is 2.61 bits per heavy atom. The fourth-order valence-electron chi connectivity index (χ4n) is 2.07. The number of nitrogens with one attached hydrogen (secondary N) is 1. The Hall–Kier alpha value is -0.830. The van der Waals surface area contributed by atoms with Gasteiger partial charge in [0.25, 0.3) is 0 Å². The van der Waals surface area contributed by atoms with Crippen molar-refractivity contribution in [3.8, 4) is 11.1 Å². The molecule has 1 heterocycles. The van der Waals surface area contributed by atoms with Gasteiger partial charge in [0, 0.05) is 15.9 Å². The number of hydrogen-bond acceptors (Lipinski definition) is 2. The minimum Gasteiger partial charge on any atom is -0.310 e. The maximum atomic E-state index is 6.38. The van der Waals surface area contributed by atoms with Crippen molar-refractivity contribution in [2.75, 3.05) is 6.54 Å². The standard InChI is InChI=1S/C15H18ClNS/c1-4-17-11(3)14-6-5-12(8-15(14)16)13-7-10(2)18-9-13/h5-9,11,17H,4H2,1-3H3. The lowest BCUT2D eigenvalue weighted by molar-refractivity contribution is 0.598. The first kappa shape index (κ1) is 13.6. The minimum atomic E-state index is 0.292. The molecule has 1 aromatic carbocycles. The van der Waals surface area contributed by atoms with Crippen LogP contribution in [-0.2, 0) is 0 Å². The quantitative estimate of drug-likeness (QED) is 0.826. The van der Waals surface area contributed by atoms with Crippen LogP contribution in [0.5, 0.6) is 0 Å². The van der Waals surface area contributed by atoms with Crippen LogP contribution in [0.15, 0.2) is 29.6 Å². The van der Waals surface area contributed by atoms with Crippen LogP contribution in [0.2, 0.25) is 5.02 Å². The van der Waals surface area contributed by atoms with E-state index in [1.807, 2.05) is 0 Å². The molecule has 18 heavy (non-hydrogen) atoms. The van der Waals surface area contributed by atoms with Crippen LogP contribution >= 0.6 is 22.9 Å². The van der Waals surface area contributed by atoms with Gasteiger partial charge < -0.3 is 5.32 Å². The molecular weight excluding hydrogens is 262 g/mol. The second kappa shape index (κ2) is 5.87. The van der Waals surface area contributed by atoms with Crippen molar-refractivity contribution in [3.05, 3.63) is 45.1 Å². The van der Waals surface area contributed by atoms with Crippen LogP contribution in [0, 0.1) is 6.92 Å². The average molecular weight is 280 g/mol. The van der Waals surface area contributed by atoms with Gasteiger partial charge in [0.15, 0.2) is 0 Å². The lowest BCUT2D eigenvalue weighted by atomic mass is 10.0. The van der Waals surface area contributed by atoms with Crippen LogP contribution in [-0.4, -0.2) is 6.54 Å². The second-order valence-electron chi connectivity index (χ2n) is 4.46. The van der Waals surface area contributed by atoms with E-state index in [-0.39, 0.29) is 0 Å². The van der Waals surface area contributed by atoms with Gasteiger partial charge in [0.1, 0.15) is 0 Å². The summed E-state index contributed by atoms with van der Waals surface area (Å²) in [5.41, 5.74) is 3.60. The van der Waals surface area contributed by atoms with Gasteiger partial charge in [-0.2, -0.15) is 0 Å². The fourth-order valence-corrected chi connectivity index (χ4v) is 3.13. The summed E-state index contributed by atoms with van der Waals surface area (Å²) in [5, 5.41) is 6.40. The van der Waals surface area contributed by atoms with Gasteiger partial charge >= 0.3 is 0 Å². The molecule has 0 amide bonds. The molecule has 0 bridgehead atoms. The van der Waals surface area contributed by atoms with Gasteiger partial charge in [-0.15, -0.1) is 11.3 Å². The van der Waals surface area contributed by atoms with E-state index in [2.05, 4.69) is 55.7 Å². The molecule has 2 rings (SSSR count). The van der Waals surface area contributed by atoms with Crippen molar-refractivity contribution in [1.82, 2.24) is 5.32 Å². The number of aryl methyl sites for hydroxylation is 1. The molecule has 0 aliphatic carbocycles. The highest BCUT2D eigenvalue weighted by Crippen LogP contribution is 2.31. The molecule has 0 aliphatic rings. The Kier molecular flexibility index (Phi) is 4.44. The Bertz CT molecular complexity index is 533. The van der Waals surface area contributed by atoms with E-state index in [1.165, 1.54) is 16.0 Å². The van der Waals surface area contributed by atoms with Gasteiger partial charge in [-0.05, 0) is 54.6 Å². The van der Waals surface area contributed by atoms with Crippen molar-refractivity contribution in [1.29, 1.82) is 0 Å². The molecule has 0 aliphatic heterocycles. The van der Waals surface area contributed by atoms with Gasteiger partial charge in [0.2, 0.25) is 0 Å². The summed E-state index contributed by atoms with van der Waals surface area (Å²) in [4.78, 5) is 1.33. The normalized spacial score (nSPS) is 12.7. The summed E-state index contributed by atoms with van der Waals surface area (Å²) in [5.74, 6) is 0. The summed E-state index contributed by atoms with van der Waals surface area (Å²) in [6.45, 7) is 7.31. The Labute approximate surface area is 118 Å². The zero-order valence-electron chi connectivity index (χ0n) is 11.0. The summed E-state index contributed by atoms with van der Waals surface area (Å²) in [6.07, 6.45) is 0. The van der Waals surface area contributed by atoms with Crippen LogP contribution in [0.1, 0.15) is 30.3 Å². The first-order chi connectivity index (χ1) is 8.61. The summed E-state index contributed by atoms with van der Waals surface area (Å²) in [6, 6.07) is 8.82. The van der Waals surface area contributed by atoms with Gasteiger partial charge in [0.05, 0.1) is 0 Å². The lowest BCUT2D eigenvalue weighted by Crippen LogP contribution is -2.17. The molecule has 0 saturated carbocycles. The summed E-state index contributed by atoms with van der Waals surface area (Å²) in [7, 11) is 0. The highest BCUT2D eigenvalue weighted by Gasteiger charge is 2.10. The molecule has 3 heteroatoms. The molecule has 0 saturated heterocycles. The van der Waals surface area contributed by atoms with Crippen molar-refractivity contribution >= 4 is 22.9 Å². The second-order valence-corrected chi connectivity index (χ2v) is 5.98. The predicted molar refractivity (Wildman–Crippen MR) is 81.6 cm³/mol. The van der Waals surface area contributed by atoms with Crippen molar-refractivity contribution in [2.24, 2.45) is 0 Å². The van der Waals surface area contributed by atoms with Crippen LogP contribution in [0.25, 0.3) is 11.1 Å². The molecular formula is C15H18ClNS. The zero-order chi connectivity index (χ0) is 13.1. The van der Waals surface area contributed by atoms with Crippen molar-refractivity contribution in [3.63, 3.8) is 0 Å². The summed E-state index contributed by atoms with van der Waals surface area (Å²) >= 11 is 8.15. The summed E-state index contributed by atoms with van der Waals surface area (Å²) < 4.78 is 0. The molecule has 0 fully saturated rings. The Morgan fingerprint density at radius 1 is 1.28 bits per heavy atom. The minimum absolute atomic E-state index is 0.292. The fraction of sp³-hybridized carbons (Fsp3) is 0.333. The molecule has 1 aromatic heterocycles. The van der Waals surface area contributed by atoms with E-state index in [0.717, 1.165) is 17.1 Å². The van der Waals surface area contributed by atoms with Crippen LogP contribution in [0.3, 0.4) is 0 Å². The first-order valence-corrected chi connectivity index (χ1v) is 7.46. The van der Waals surface area contributed by atoms with E-state index in [1.54, 1.807) is 11.3 Å². The van der Waals surface area contributed by atoms with E-state index in [0.29, 0.717) is 6.04 Å². The molecule has 1 nitrogen and oxygen atoms in total. The van der Waals surface area contributed by atoms with E-state index in [4.69, 9.17) is 11.6 Å². The van der Waals surface area contributed by atoms with Crippen LogP contribution in [0.4, 0.5) is 0 Å². The number of hydrogen-bond donors (Lipinski definition) is 1. The highest BCUT2D eigenvalue weighted by molar-refractivity contribution is 7.10. The molecule has 1 unspecified atom stereocenters. The molecule has 1 atom stereocenters. The molecule has 0 spiro atoms. The average Bonchev–Trinajstić information content (AvgIpc) is 2.76. The van der Waals surface area contributed by atoms with Crippen LogP contribution < -0.4 is 5.32 Å². The number of benzene rings is 1. The predicted octanol–water partition coefficient (Wildman–Crippen LogP) is 5.05. The number of rotatable bonds is 4. The third kappa shape index (κ3) is 2.94.